The van der Waals surface area contributed by atoms with E-state index in [4.69, 9.17) is 9.15 Å². The first-order valence-corrected chi connectivity index (χ1v) is 7.81. The van der Waals surface area contributed by atoms with Gasteiger partial charge in [-0.05, 0) is 32.0 Å². The average molecular weight is 353 g/mol. The average Bonchev–Trinajstić information content (AvgIpc) is 3.12. The summed E-state index contributed by atoms with van der Waals surface area (Å²) in [5.74, 6) is -0.242. The number of nitro benzene ring substituents is 1. The highest BCUT2D eigenvalue weighted by Crippen LogP contribution is 2.25. The zero-order chi connectivity index (χ0) is 18.7. The Hall–Kier alpha value is -3.55. The summed E-state index contributed by atoms with van der Waals surface area (Å²) >= 11 is 0. The third-order valence-corrected chi connectivity index (χ3v) is 3.81. The van der Waals surface area contributed by atoms with E-state index in [0.717, 1.165) is 5.56 Å². The molecule has 0 radical (unpaired) electrons. The Bertz CT molecular complexity index is 952. The van der Waals surface area contributed by atoms with E-state index in [1.165, 1.54) is 25.1 Å². The fourth-order valence-corrected chi connectivity index (χ4v) is 2.41. The fraction of sp³-hybridized carbons (Fsp3) is 0.167. The molecule has 132 valence electrons. The molecule has 0 fully saturated rings. The lowest BCUT2D eigenvalue weighted by Crippen LogP contribution is -2.11. The number of carbonyl (C=O) groups is 1. The minimum Gasteiger partial charge on any atom is -0.449 e. The van der Waals surface area contributed by atoms with Crippen molar-refractivity contribution >= 4 is 11.7 Å². The first-order valence-electron chi connectivity index (χ1n) is 7.81. The van der Waals surface area contributed by atoms with Gasteiger partial charge < -0.3 is 9.15 Å². The van der Waals surface area contributed by atoms with Gasteiger partial charge in [-0.1, -0.05) is 24.3 Å². The zero-order valence-corrected chi connectivity index (χ0v) is 14.1. The maximum atomic E-state index is 12.4. The van der Waals surface area contributed by atoms with Crippen molar-refractivity contribution in [2.45, 2.75) is 20.0 Å². The Kier molecular flexibility index (Phi) is 4.74. The summed E-state index contributed by atoms with van der Waals surface area (Å²) in [6, 6.07) is 13.4. The van der Waals surface area contributed by atoms with Gasteiger partial charge in [-0.15, -0.1) is 10.2 Å². The van der Waals surface area contributed by atoms with Crippen molar-refractivity contribution in [3.8, 4) is 11.5 Å². The van der Waals surface area contributed by atoms with Crippen LogP contribution in [-0.2, 0) is 4.74 Å². The summed E-state index contributed by atoms with van der Waals surface area (Å²) < 4.78 is 10.9. The molecule has 0 spiro atoms. The molecule has 0 unspecified atom stereocenters. The second-order valence-electron chi connectivity index (χ2n) is 5.57. The number of nitro groups is 1. The van der Waals surface area contributed by atoms with E-state index in [9.17, 15) is 14.9 Å². The topological polar surface area (TPSA) is 108 Å². The lowest BCUT2D eigenvalue weighted by Gasteiger charge is -2.11. The van der Waals surface area contributed by atoms with Crippen molar-refractivity contribution in [1.82, 2.24) is 10.2 Å². The van der Waals surface area contributed by atoms with Crippen molar-refractivity contribution in [2.24, 2.45) is 0 Å². The number of rotatable bonds is 5. The van der Waals surface area contributed by atoms with E-state index < -0.39 is 17.0 Å². The van der Waals surface area contributed by atoms with Crippen molar-refractivity contribution in [2.75, 3.05) is 0 Å². The van der Waals surface area contributed by atoms with Gasteiger partial charge in [-0.25, -0.2) is 4.79 Å². The maximum absolute atomic E-state index is 12.4. The predicted molar refractivity (Wildman–Crippen MR) is 91.4 cm³/mol. The monoisotopic (exact) mass is 353 g/mol. The highest BCUT2D eigenvalue weighted by Gasteiger charge is 2.23. The first-order chi connectivity index (χ1) is 12.5. The smallest absolute Gasteiger partial charge is 0.339 e. The quantitative estimate of drug-likeness (QED) is 0.389. The fourth-order valence-electron chi connectivity index (χ4n) is 2.41. The van der Waals surface area contributed by atoms with E-state index in [2.05, 4.69) is 10.2 Å². The van der Waals surface area contributed by atoms with Gasteiger partial charge in [0.25, 0.3) is 11.6 Å². The molecule has 1 aromatic heterocycles. The molecular formula is C18H15N3O5. The largest absolute Gasteiger partial charge is 0.449 e. The predicted octanol–water partition coefficient (Wildman–Crippen LogP) is 3.87. The molecule has 1 heterocycles. The Balaban J connectivity index is 1.77. The Morgan fingerprint density at radius 1 is 1.15 bits per heavy atom. The van der Waals surface area contributed by atoms with Crippen LogP contribution in [0.25, 0.3) is 11.5 Å². The molecule has 3 aromatic rings. The van der Waals surface area contributed by atoms with Gasteiger partial charge in [-0.2, -0.15) is 0 Å². The molecule has 0 N–H and O–H groups in total. The van der Waals surface area contributed by atoms with E-state index in [-0.39, 0.29) is 22.7 Å². The number of nitrogens with zero attached hydrogens (tertiary/aromatic N) is 3. The van der Waals surface area contributed by atoms with Crippen LogP contribution in [0.3, 0.4) is 0 Å². The summed E-state index contributed by atoms with van der Waals surface area (Å²) in [5, 5.41) is 18.8. The number of hydrogen-bond donors (Lipinski definition) is 0. The molecule has 8 heteroatoms. The Labute approximate surface area is 148 Å². The van der Waals surface area contributed by atoms with Crippen molar-refractivity contribution in [1.29, 1.82) is 0 Å². The van der Waals surface area contributed by atoms with Crippen molar-refractivity contribution in [3.05, 3.63) is 75.7 Å². The summed E-state index contributed by atoms with van der Waals surface area (Å²) in [5.41, 5.74) is 0.967. The number of esters is 1. The van der Waals surface area contributed by atoms with E-state index in [1.807, 2.05) is 30.3 Å². The Morgan fingerprint density at radius 2 is 1.88 bits per heavy atom. The number of benzene rings is 2. The number of carbonyl (C=O) groups excluding carboxylic acids is 1. The number of hydrogen-bond acceptors (Lipinski definition) is 7. The summed E-state index contributed by atoms with van der Waals surface area (Å²) in [7, 11) is 0. The van der Waals surface area contributed by atoms with E-state index in [1.54, 1.807) is 6.92 Å². The molecule has 1 atom stereocenters. The van der Waals surface area contributed by atoms with E-state index in [0.29, 0.717) is 5.89 Å². The van der Waals surface area contributed by atoms with Gasteiger partial charge in [0.1, 0.15) is 0 Å². The number of ether oxygens (including phenoxy) is 1. The standard InChI is InChI=1S/C18H15N3O5/c1-11-14(9-6-10-15(11)21(23)24)18(22)25-12(2)16-19-20-17(26-16)13-7-4-3-5-8-13/h3-10,12H,1-2H3/t12-/m0/s1. The van der Waals surface area contributed by atoms with Crippen molar-refractivity contribution < 1.29 is 18.9 Å². The molecule has 0 aliphatic heterocycles. The highest BCUT2D eigenvalue weighted by molar-refractivity contribution is 5.92. The number of aromatic nitrogens is 2. The van der Waals surface area contributed by atoms with Crippen LogP contribution >= 0.6 is 0 Å². The van der Waals surface area contributed by atoms with Crippen LogP contribution in [0.15, 0.2) is 52.9 Å². The molecule has 0 aliphatic rings. The van der Waals surface area contributed by atoms with Gasteiger partial charge in [0.05, 0.1) is 10.5 Å². The second kappa shape index (κ2) is 7.14. The molecule has 26 heavy (non-hydrogen) atoms. The van der Waals surface area contributed by atoms with Gasteiger partial charge in [0, 0.05) is 17.2 Å². The summed E-state index contributed by atoms with van der Waals surface area (Å²) in [6.45, 7) is 3.09. The SMILES string of the molecule is Cc1c(C(=O)O[C@@H](C)c2nnc(-c3ccccc3)o2)cccc1[N+](=O)[O-]. The molecule has 2 aromatic carbocycles. The first kappa shape index (κ1) is 17.3. The molecule has 0 saturated carbocycles. The minimum atomic E-state index is -0.800. The van der Waals surface area contributed by atoms with Gasteiger partial charge in [-0.3, -0.25) is 10.1 Å². The van der Waals surface area contributed by atoms with Crippen LogP contribution < -0.4 is 0 Å². The second-order valence-corrected chi connectivity index (χ2v) is 5.57. The molecule has 0 bridgehead atoms. The van der Waals surface area contributed by atoms with Crippen LogP contribution in [0.4, 0.5) is 5.69 Å². The minimum absolute atomic E-state index is 0.119. The lowest BCUT2D eigenvalue weighted by molar-refractivity contribution is -0.385. The zero-order valence-electron chi connectivity index (χ0n) is 14.1. The van der Waals surface area contributed by atoms with Gasteiger partial charge in [0.2, 0.25) is 5.89 Å². The third kappa shape index (κ3) is 3.44. The molecular weight excluding hydrogens is 338 g/mol. The van der Waals surface area contributed by atoms with Gasteiger partial charge >= 0.3 is 5.97 Å². The maximum Gasteiger partial charge on any atom is 0.339 e. The highest BCUT2D eigenvalue weighted by atomic mass is 16.6. The summed E-state index contributed by atoms with van der Waals surface area (Å²) in [4.78, 5) is 22.8. The molecule has 0 saturated heterocycles. The van der Waals surface area contributed by atoms with E-state index >= 15 is 0 Å². The van der Waals surface area contributed by atoms with Crippen LogP contribution in [0.5, 0.6) is 0 Å². The molecule has 0 amide bonds. The molecule has 3 rings (SSSR count). The van der Waals surface area contributed by atoms with Gasteiger partial charge in [0.15, 0.2) is 6.10 Å². The van der Waals surface area contributed by atoms with Crippen molar-refractivity contribution in [3.63, 3.8) is 0 Å². The van der Waals surface area contributed by atoms with Crippen LogP contribution in [0.2, 0.25) is 0 Å². The third-order valence-electron chi connectivity index (χ3n) is 3.81. The van der Waals surface area contributed by atoms with Crippen LogP contribution in [-0.4, -0.2) is 21.1 Å². The Morgan fingerprint density at radius 3 is 2.58 bits per heavy atom. The normalized spacial score (nSPS) is 11.8. The molecule has 0 aliphatic carbocycles. The summed E-state index contributed by atoms with van der Waals surface area (Å²) in [6.07, 6.45) is -0.800. The van der Waals surface area contributed by atoms with Crippen LogP contribution in [0, 0.1) is 17.0 Å². The molecule has 8 nitrogen and oxygen atoms in total. The van der Waals surface area contributed by atoms with Crippen LogP contribution in [0.1, 0.15) is 34.8 Å². The lowest BCUT2D eigenvalue weighted by atomic mass is 10.1.